The van der Waals surface area contributed by atoms with Gasteiger partial charge in [-0.2, -0.15) is 0 Å². The van der Waals surface area contributed by atoms with E-state index in [2.05, 4.69) is 41.6 Å². The van der Waals surface area contributed by atoms with Crippen LogP contribution in [-0.4, -0.2) is 47.4 Å². The van der Waals surface area contributed by atoms with Crippen LogP contribution in [0.4, 0.5) is 0 Å². The van der Waals surface area contributed by atoms with Crippen LogP contribution in [0, 0.1) is 0 Å². The Kier molecular flexibility index (Phi) is 4.63. The Hall–Kier alpha value is -3.36. The number of fused-ring (bicyclic) bond motifs is 1. The number of H-pyrrole nitrogens is 1. The van der Waals surface area contributed by atoms with Crippen LogP contribution in [-0.2, 0) is 0 Å². The summed E-state index contributed by atoms with van der Waals surface area (Å²) in [7, 11) is 0. The number of nitrogens with zero attached hydrogens (tertiary/aromatic N) is 6. The first-order valence-corrected chi connectivity index (χ1v) is 9.99. The summed E-state index contributed by atoms with van der Waals surface area (Å²) < 4.78 is 1.81. The topological polar surface area (TPSA) is 114 Å². The minimum absolute atomic E-state index is 0.113. The summed E-state index contributed by atoms with van der Waals surface area (Å²) in [6, 6.07) is 0.113. The fraction of sp³-hybridized carbons (Fsp3) is 0.400. The number of allylic oxidation sites excluding steroid dienone is 3. The van der Waals surface area contributed by atoms with Crippen molar-refractivity contribution in [2.45, 2.75) is 44.1 Å². The van der Waals surface area contributed by atoms with Gasteiger partial charge in [0.25, 0.3) is 5.91 Å². The van der Waals surface area contributed by atoms with Crippen molar-refractivity contribution in [1.82, 2.24) is 40.2 Å². The molecule has 3 aromatic heterocycles. The fourth-order valence-electron chi connectivity index (χ4n) is 4.12. The number of rotatable bonds is 5. The monoisotopic (exact) mass is 390 g/mol. The number of carbonyl (C=O) groups excluding carboxylic acids is 1. The lowest BCUT2D eigenvalue weighted by atomic mass is 10.0. The molecule has 3 heterocycles. The summed E-state index contributed by atoms with van der Waals surface area (Å²) in [6.07, 6.45) is 16.5. The Balaban J connectivity index is 1.29. The van der Waals surface area contributed by atoms with Gasteiger partial charge in [-0.25, -0.2) is 19.6 Å². The van der Waals surface area contributed by atoms with Crippen molar-refractivity contribution < 1.29 is 4.79 Å². The zero-order valence-electron chi connectivity index (χ0n) is 16.0. The lowest BCUT2D eigenvalue weighted by molar-refractivity contribution is 0.0953. The summed E-state index contributed by atoms with van der Waals surface area (Å²) in [5, 5.41) is 10.9. The first-order chi connectivity index (χ1) is 14.3. The van der Waals surface area contributed by atoms with E-state index in [1.165, 1.54) is 19.2 Å². The van der Waals surface area contributed by atoms with Crippen LogP contribution >= 0.6 is 0 Å². The van der Waals surface area contributed by atoms with Crippen molar-refractivity contribution >= 4 is 17.1 Å². The van der Waals surface area contributed by atoms with Gasteiger partial charge in [-0.05, 0) is 24.8 Å². The molecule has 1 unspecified atom stereocenters. The number of aromatic amines is 1. The van der Waals surface area contributed by atoms with Crippen molar-refractivity contribution in [2.75, 3.05) is 6.54 Å². The van der Waals surface area contributed by atoms with Gasteiger partial charge in [-0.3, -0.25) is 4.79 Å². The molecular formula is C20H22N8O. The normalized spacial score (nSPS) is 19.6. The summed E-state index contributed by atoms with van der Waals surface area (Å²) in [5.41, 5.74) is 2.62. The smallest absolute Gasteiger partial charge is 0.272 e. The molecule has 2 aliphatic carbocycles. The third-order valence-corrected chi connectivity index (χ3v) is 5.66. The van der Waals surface area contributed by atoms with E-state index in [0.29, 0.717) is 29.3 Å². The highest BCUT2D eigenvalue weighted by Crippen LogP contribution is 2.33. The average Bonchev–Trinajstić information content (AvgIpc) is 3.52. The molecular weight excluding hydrogens is 368 g/mol. The molecule has 29 heavy (non-hydrogen) atoms. The lowest BCUT2D eigenvalue weighted by Crippen LogP contribution is -2.28. The van der Waals surface area contributed by atoms with E-state index in [0.717, 1.165) is 30.7 Å². The number of aromatic nitrogens is 7. The maximum atomic E-state index is 12.8. The summed E-state index contributed by atoms with van der Waals surface area (Å²) in [4.78, 5) is 29.2. The van der Waals surface area contributed by atoms with E-state index in [9.17, 15) is 4.79 Å². The molecule has 0 bridgehead atoms. The molecule has 5 rings (SSSR count). The minimum atomic E-state index is -0.230. The Morgan fingerprint density at radius 3 is 3.00 bits per heavy atom. The standard InChI is InChI=1S/C20H22N8O/c29-20(21-11-13-4-3-7-15(10-13)28-9-8-24-27-28)17-16-19(23-12-22-17)26-18(25-16)14-5-1-2-6-14/h3-4,7-9,12,14-15H,1-2,5-6,10-11H2,(H,21,29)(H,22,23,25,26). The minimum Gasteiger partial charge on any atom is -0.347 e. The molecule has 1 saturated carbocycles. The average molecular weight is 390 g/mol. The van der Waals surface area contributed by atoms with Crippen LogP contribution in [0.5, 0.6) is 0 Å². The number of amides is 1. The molecule has 3 aromatic rings. The molecule has 0 aromatic carbocycles. The van der Waals surface area contributed by atoms with Gasteiger partial charge in [0, 0.05) is 18.7 Å². The number of hydrogen-bond acceptors (Lipinski definition) is 6. The highest BCUT2D eigenvalue weighted by Gasteiger charge is 2.23. The van der Waals surface area contributed by atoms with Crippen molar-refractivity contribution in [3.8, 4) is 0 Å². The lowest BCUT2D eigenvalue weighted by Gasteiger charge is -2.18. The van der Waals surface area contributed by atoms with Crippen LogP contribution in [0.1, 0.15) is 60.4 Å². The van der Waals surface area contributed by atoms with Crippen molar-refractivity contribution in [2.24, 2.45) is 0 Å². The maximum Gasteiger partial charge on any atom is 0.272 e. The molecule has 0 aliphatic heterocycles. The number of imidazole rings is 1. The number of nitrogens with one attached hydrogen (secondary N) is 2. The predicted molar refractivity (Wildman–Crippen MR) is 106 cm³/mol. The van der Waals surface area contributed by atoms with E-state index in [-0.39, 0.29) is 11.9 Å². The Bertz CT molecular complexity index is 1080. The van der Waals surface area contributed by atoms with E-state index >= 15 is 0 Å². The molecule has 2 aliphatic rings. The highest BCUT2D eigenvalue weighted by atomic mass is 16.1. The van der Waals surface area contributed by atoms with Gasteiger partial charge in [0.05, 0.1) is 12.2 Å². The molecule has 9 heteroatoms. The number of carbonyl (C=O) groups is 1. The summed E-state index contributed by atoms with van der Waals surface area (Å²) in [5.74, 6) is 1.11. The molecule has 1 amide bonds. The molecule has 0 spiro atoms. The van der Waals surface area contributed by atoms with E-state index < -0.39 is 0 Å². The molecule has 0 saturated heterocycles. The van der Waals surface area contributed by atoms with Gasteiger partial charge in [0.2, 0.25) is 0 Å². The zero-order valence-corrected chi connectivity index (χ0v) is 16.0. The second-order valence-corrected chi connectivity index (χ2v) is 7.57. The Labute approximate surface area is 167 Å². The third kappa shape index (κ3) is 3.55. The Morgan fingerprint density at radius 1 is 1.28 bits per heavy atom. The third-order valence-electron chi connectivity index (χ3n) is 5.66. The molecule has 9 nitrogen and oxygen atoms in total. The Morgan fingerprint density at radius 2 is 2.17 bits per heavy atom. The molecule has 1 atom stereocenters. The van der Waals surface area contributed by atoms with E-state index in [1.807, 2.05) is 23.0 Å². The SMILES string of the molecule is O=C(NCC1=CC=CC(n2ccnn2)C1)c1ncnc2nc(C3CCCC3)[nH]c12. The fourth-order valence-corrected chi connectivity index (χ4v) is 4.12. The van der Waals surface area contributed by atoms with Crippen LogP contribution in [0.3, 0.4) is 0 Å². The van der Waals surface area contributed by atoms with Gasteiger partial charge in [0.15, 0.2) is 11.3 Å². The van der Waals surface area contributed by atoms with E-state index in [1.54, 1.807) is 6.20 Å². The largest absolute Gasteiger partial charge is 0.347 e. The van der Waals surface area contributed by atoms with E-state index in [4.69, 9.17) is 0 Å². The van der Waals surface area contributed by atoms with Crippen LogP contribution in [0.25, 0.3) is 11.2 Å². The second kappa shape index (κ2) is 7.57. The van der Waals surface area contributed by atoms with Crippen molar-refractivity contribution in [3.05, 3.63) is 54.0 Å². The van der Waals surface area contributed by atoms with Crippen LogP contribution < -0.4 is 5.32 Å². The second-order valence-electron chi connectivity index (χ2n) is 7.57. The first kappa shape index (κ1) is 17.7. The molecule has 1 fully saturated rings. The summed E-state index contributed by atoms with van der Waals surface area (Å²) >= 11 is 0. The van der Waals surface area contributed by atoms with Crippen molar-refractivity contribution in [3.63, 3.8) is 0 Å². The van der Waals surface area contributed by atoms with Gasteiger partial charge in [-0.15, -0.1) is 5.10 Å². The molecule has 0 radical (unpaired) electrons. The van der Waals surface area contributed by atoms with Crippen LogP contribution in [0.2, 0.25) is 0 Å². The quantitative estimate of drug-likeness (QED) is 0.692. The molecule has 2 N–H and O–H groups in total. The first-order valence-electron chi connectivity index (χ1n) is 9.99. The van der Waals surface area contributed by atoms with Gasteiger partial charge in [-0.1, -0.05) is 36.3 Å². The van der Waals surface area contributed by atoms with Gasteiger partial charge in [0.1, 0.15) is 17.7 Å². The zero-order chi connectivity index (χ0) is 19.6. The molecule has 148 valence electrons. The van der Waals surface area contributed by atoms with Crippen LogP contribution in [0.15, 0.2) is 42.5 Å². The van der Waals surface area contributed by atoms with Gasteiger partial charge >= 0.3 is 0 Å². The van der Waals surface area contributed by atoms with Crippen molar-refractivity contribution in [1.29, 1.82) is 0 Å². The maximum absolute atomic E-state index is 12.8. The summed E-state index contributed by atoms with van der Waals surface area (Å²) in [6.45, 7) is 0.448. The highest BCUT2D eigenvalue weighted by molar-refractivity contribution is 6.02. The number of hydrogen-bond donors (Lipinski definition) is 2. The van der Waals surface area contributed by atoms with Gasteiger partial charge < -0.3 is 10.3 Å². The predicted octanol–water partition coefficient (Wildman–Crippen LogP) is 2.46.